The summed E-state index contributed by atoms with van der Waals surface area (Å²) in [4.78, 5) is 3.96. The van der Waals surface area contributed by atoms with Crippen molar-refractivity contribution in [2.75, 3.05) is 6.54 Å². The molecule has 15 heavy (non-hydrogen) atoms. The number of aliphatic hydroxyl groups is 1. The SMILES string of the molecule is CC(O)(CNC1CC1)Cc1ccncc1. The normalized spacial score (nSPS) is 19.9. The molecule has 3 nitrogen and oxygen atoms in total. The van der Waals surface area contributed by atoms with Crippen molar-refractivity contribution in [3.8, 4) is 0 Å². The predicted molar refractivity (Wildman–Crippen MR) is 59.6 cm³/mol. The third-order valence-corrected chi connectivity index (χ3v) is 2.68. The van der Waals surface area contributed by atoms with Crippen LogP contribution in [0.25, 0.3) is 0 Å². The highest BCUT2D eigenvalue weighted by molar-refractivity contribution is 5.12. The molecule has 0 spiro atoms. The molecule has 1 heterocycles. The first-order valence-corrected chi connectivity index (χ1v) is 5.50. The van der Waals surface area contributed by atoms with Crippen molar-refractivity contribution in [2.24, 2.45) is 0 Å². The second-order valence-corrected chi connectivity index (χ2v) is 4.68. The summed E-state index contributed by atoms with van der Waals surface area (Å²) in [6.07, 6.45) is 6.71. The van der Waals surface area contributed by atoms with Crippen LogP contribution in [0.3, 0.4) is 0 Å². The van der Waals surface area contributed by atoms with Gasteiger partial charge < -0.3 is 10.4 Å². The van der Waals surface area contributed by atoms with Gasteiger partial charge in [0.1, 0.15) is 0 Å². The van der Waals surface area contributed by atoms with Crippen molar-refractivity contribution in [3.63, 3.8) is 0 Å². The van der Waals surface area contributed by atoms with Crippen LogP contribution in [0.2, 0.25) is 0 Å². The molecule has 1 aliphatic carbocycles. The molecule has 1 aromatic rings. The second kappa shape index (κ2) is 4.29. The fraction of sp³-hybridized carbons (Fsp3) is 0.583. The topological polar surface area (TPSA) is 45.1 Å². The van der Waals surface area contributed by atoms with E-state index in [4.69, 9.17) is 0 Å². The van der Waals surface area contributed by atoms with Gasteiger partial charge in [-0.15, -0.1) is 0 Å². The van der Waals surface area contributed by atoms with E-state index < -0.39 is 5.60 Å². The van der Waals surface area contributed by atoms with Crippen LogP contribution >= 0.6 is 0 Å². The van der Waals surface area contributed by atoms with Gasteiger partial charge in [-0.2, -0.15) is 0 Å². The fourth-order valence-electron chi connectivity index (χ4n) is 1.65. The smallest absolute Gasteiger partial charge is 0.0783 e. The van der Waals surface area contributed by atoms with E-state index in [1.165, 1.54) is 12.8 Å². The van der Waals surface area contributed by atoms with Gasteiger partial charge in [0.15, 0.2) is 0 Å². The Labute approximate surface area is 90.5 Å². The number of aromatic nitrogens is 1. The van der Waals surface area contributed by atoms with Crippen LogP contribution in [0.15, 0.2) is 24.5 Å². The van der Waals surface area contributed by atoms with Crippen molar-refractivity contribution in [1.29, 1.82) is 0 Å². The zero-order chi connectivity index (χ0) is 10.7. The molecule has 0 radical (unpaired) electrons. The highest BCUT2D eigenvalue weighted by Crippen LogP contribution is 2.20. The zero-order valence-electron chi connectivity index (χ0n) is 9.11. The molecular weight excluding hydrogens is 188 g/mol. The average molecular weight is 206 g/mol. The molecule has 3 heteroatoms. The van der Waals surface area contributed by atoms with E-state index in [1.54, 1.807) is 12.4 Å². The number of nitrogens with one attached hydrogen (secondary N) is 1. The van der Waals surface area contributed by atoms with Crippen LogP contribution in [0.1, 0.15) is 25.3 Å². The molecule has 2 rings (SSSR count). The predicted octanol–water partition coefficient (Wildman–Crippen LogP) is 1.13. The molecule has 0 bridgehead atoms. The Balaban J connectivity index is 1.85. The number of nitrogens with zero attached hydrogens (tertiary/aromatic N) is 1. The first-order chi connectivity index (χ1) is 7.16. The van der Waals surface area contributed by atoms with Crippen LogP contribution in [0, 0.1) is 0 Å². The molecule has 1 saturated carbocycles. The van der Waals surface area contributed by atoms with Gasteiger partial charge in [0.05, 0.1) is 5.60 Å². The van der Waals surface area contributed by atoms with E-state index in [2.05, 4.69) is 10.3 Å². The van der Waals surface area contributed by atoms with Gasteiger partial charge in [-0.25, -0.2) is 0 Å². The van der Waals surface area contributed by atoms with Crippen molar-refractivity contribution in [2.45, 2.75) is 37.8 Å². The molecule has 0 amide bonds. The maximum atomic E-state index is 10.2. The fourth-order valence-corrected chi connectivity index (χ4v) is 1.65. The summed E-state index contributed by atoms with van der Waals surface area (Å²) in [6.45, 7) is 2.54. The first-order valence-electron chi connectivity index (χ1n) is 5.50. The van der Waals surface area contributed by atoms with Crippen LogP contribution in [-0.2, 0) is 6.42 Å². The molecule has 0 saturated heterocycles. The Morgan fingerprint density at radius 3 is 2.73 bits per heavy atom. The zero-order valence-corrected chi connectivity index (χ0v) is 9.11. The molecular formula is C12H18N2O. The molecule has 1 aliphatic rings. The molecule has 82 valence electrons. The van der Waals surface area contributed by atoms with Crippen molar-refractivity contribution in [1.82, 2.24) is 10.3 Å². The summed E-state index contributed by atoms with van der Waals surface area (Å²) >= 11 is 0. The highest BCUT2D eigenvalue weighted by Gasteiger charge is 2.26. The van der Waals surface area contributed by atoms with Gasteiger partial charge in [-0.05, 0) is 37.5 Å². The van der Waals surface area contributed by atoms with Gasteiger partial charge >= 0.3 is 0 Å². The lowest BCUT2D eigenvalue weighted by atomic mass is 9.97. The third-order valence-electron chi connectivity index (χ3n) is 2.68. The van der Waals surface area contributed by atoms with Gasteiger partial charge in [-0.3, -0.25) is 4.98 Å². The summed E-state index contributed by atoms with van der Waals surface area (Å²) in [5, 5.41) is 13.5. The lowest BCUT2D eigenvalue weighted by Gasteiger charge is -2.23. The maximum Gasteiger partial charge on any atom is 0.0783 e. The van der Waals surface area contributed by atoms with Gasteiger partial charge in [0, 0.05) is 31.4 Å². The standard InChI is InChI=1S/C12H18N2O/c1-12(15,9-14-11-2-3-11)8-10-4-6-13-7-5-10/h4-7,11,14-15H,2-3,8-9H2,1H3. The van der Waals surface area contributed by atoms with Crippen LogP contribution in [-0.4, -0.2) is 28.3 Å². The minimum Gasteiger partial charge on any atom is -0.389 e. The second-order valence-electron chi connectivity index (χ2n) is 4.68. The van der Waals surface area contributed by atoms with E-state index in [9.17, 15) is 5.11 Å². The molecule has 0 aromatic carbocycles. The summed E-state index contributed by atoms with van der Waals surface area (Å²) in [5.74, 6) is 0. The van der Waals surface area contributed by atoms with Crippen LogP contribution < -0.4 is 5.32 Å². The highest BCUT2D eigenvalue weighted by atomic mass is 16.3. The van der Waals surface area contributed by atoms with Crippen molar-refractivity contribution in [3.05, 3.63) is 30.1 Å². The van der Waals surface area contributed by atoms with E-state index in [-0.39, 0.29) is 0 Å². The van der Waals surface area contributed by atoms with Crippen molar-refractivity contribution < 1.29 is 5.11 Å². The van der Waals surface area contributed by atoms with E-state index in [1.807, 2.05) is 19.1 Å². The molecule has 1 aromatic heterocycles. The van der Waals surface area contributed by atoms with Crippen LogP contribution in [0.5, 0.6) is 0 Å². The number of hydrogen-bond donors (Lipinski definition) is 2. The number of hydrogen-bond acceptors (Lipinski definition) is 3. The monoisotopic (exact) mass is 206 g/mol. The van der Waals surface area contributed by atoms with E-state index in [0.717, 1.165) is 5.56 Å². The van der Waals surface area contributed by atoms with Gasteiger partial charge in [-0.1, -0.05) is 0 Å². The summed E-state index contributed by atoms with van der Waals surface area (Å²) in [7, 11) is 0. The molecule has 1 atom stereocenters. The van der Waals surface area contributed by atoms with E-state index in [0.29, 0.717) is 19.0 Å². The summed E-state index contributed by atoms with van der Waals surface area (Å²) < 4.78 is 0. The molecule has 0 aliphatic heterocycles. The maximum absolute atomic E-state index is 10.2. The number of rotatable bonds is 5. The lowest BCUT2D eigenvalue weighted by molar-refractivity contribution is 0.0597. The first kappa shape index (κ1) is 10.6. The number of pyridine rings is 1. The summed E-state index contributed by atoms with van der Waals surface area (Å²) in [5.41, 5.74) is 0.469. The quantitative estimate of drug-likeness (QED) is 0.759. The summed E-state index contributed by atoms with van der Waals surface area (Å²) in [6, 6.07) is 4.55. The Kier molecular flexibility index (Phi) is 3.03. The Morgan fingerprint density at radius 2 is 2.13 bits per heavy atom. The Hall–Kier alpha value is -0.930. The Bertz CT molecular complexity index is 307. The van der Waals surface area contributed by atoms with Crippen molar-refractivity contribution >= 4 is 0 Å². The molecule has 2 N–H and O–H groups in total. The molecule has 1 unspecified atom stereocenters. The molecule has 1 fully saturated rings. The minimum atomic E-state index is -0.663. The lowest BCUT2D eigenvalue weighted by Crippen LogP contribution is -2.40. The average Bonchev–Trinajstić information content (AvgIpc) is 2.99. The third kappa shape index (κ3) is 3.61. The largest absolute Gasteiger partial charge is 0.389 e. The van der Waals surface area contributed by atoms with Crippen LogP contribution in [0.4, 0.5) is 0 Å². The van der Waals surface area contributed by atoms with E-state index >= 15 is 0 Å². The minimum absolute atomic E-state index is 0.647. The van der Waals surface area contributed by atoms with Gasteiger partial charge in [0.25, 0.3) is 0 Å². The van der Waals surface area contributed by atoms with Gasteiger partial charge in [0.2, 0.25) is 0 Å². The Morgan fingerprint density at radius 1 is 1.47 bits per heavy atom.